The highest BCUT2D eigenvalue weighted by atomic mass is 32.2. The fraction of sp³-hybridized carbons (Fsp3) is 0.235. The van der Waals surface area contributed by atoms with Gasteiger partial charge < -0.3 is 5.32 Å². The monoisotopic (exact) mass is 332 g/mol. The lowest BCUT2D eigenvalue weighted by Crippen LogP contribution is -2.45. The van der Waals surface area contributed by atoms with Crippen molar-refractivity contribution in [3.63, 3.8) is 0 Å². The zero-order valence-corrected chi connectivity index (χ0v) is 13.7. The van der Waals surface area contributed by atoms with Crippen molar-refractivity contribution in [2.24, 2.45) is 0 Å². The fourth-order valence-electron chi connectivity index (χ4n) is 2.08. The number of carbonyl (C=O) groups is 1. The van der Waals surface area contributed by atoms with Crippen molar-refractivity contribution < 1.29 is 13.2 Å². The number of rotatable bonds is 7. The number of nitrogens with one attached hydrogen (secondary N) is 2. The van der Waals surface area contributed by atoms with Gasteiger partial charge in [0.1, 0.15) is 0 Å². The molecule has 1 atom stereocenters. The molecule has 0 heterocycles. The Labute approximate surface area is 136 Å². The van der Waals surface area contributed by atoms with E-state index in [1.165, 1.54) is 19.1 Å². The Morgan fingerprint density at radius 1 is 1.00 bits per heavy atom. The molecule has 0 bridgehead atoms. The number of sulfonamides is 1. The van der Waals surface area contributed by atoms with Gasteiger partial charge in [-0.05, 0) is 31.0 Å². The number of hydrogen-bond acceptors (Lipinski definition) is 3. The first-order valence-electron chi connectivity index (χ1n) is 7.38. The van der Waals surface area contributed by atoms with E-state index < -0.39 is 16.1 Å². The summed E-state index contributed by atoms with van der Waals surface area (Å²) in [7, 11) is -3.69. The average molecular weight is 332 g/mol. The summed E-state index contributed by atoms with van der Waals surface area (Å²) in [5.41, 5.74) is 1.12. The first-order chi connectivity index (χ1) is 11.0. The normalized spacial score (nSPS) is 12.6. The molecule has 122 valence electrons. The Hall–Kier alpha value is -2.18. The molecule has 1 amide bonds. The summed E-state index contributed by atoms with van der Waals surface area (Å²) in [6.07, 6.45) is 0.699. The second kappa shape index (κ2) is 7.89. The molecule has 0 aliphatic heterocycles. The van der Waals surface area contributed by atoms with Gasteiger partial charge in [-0.3, -0.25) is 4.79 Å². The SMILES string of the molecule is C[C@@H](NS(=O)(=O)c1ccccc1)C(=O)NCCc1ccccc1. The molecule has 23 heavy (non-hydrogen) atoms. The van der Waals surface area contributed by atoms with Crippen molar-refractivity contribution >= 4 is 15.9 Å². The van der Waals surface area contributed by atoms with Crippen molar-refractivity contribution in [2.45, 2.75) is 24.3 Å². The van der Waals surface area contributed by atoms with Gasteiger partial charge in [0.2, 0.25) is 15.9 Å². The minimum atomic E-state index is -3.69. The molecule has 0 saturated heterocycles. The van der Waals surface area contributed by atoms with E-state index in [-0.39, 0.29) is 10.8 Å². The van der Waals surface area contributed by atoms with Crippen LogP contribution in [0.2, 0.25) is 0 Å². The van der Waals surface area contributed by atoms with E-state index in [0.29, 0.717) is 13.0 Å². The molecule has 0 fully saturated rings. The third-order valence-electron chi connectivity index (χ3n) is 3.33. The number of amides is 1. The van der Waals surface area contributed by atoms with Crippen LogP contribution in [-0.4, -0.2) is 26.9 Å². The molecule has 2 aromatic rings. The Morgan fingerprint density at radius 2 is 1.57 bits per heavy atom. The van der Waals surface area contributed by atoms with Crippen LogP contribution >= 0.6 is 0 Å². The lowest BCUT2D eigenvalue weighted by molar-refractivity contribution is -0.122. The molecule has 0 aliphatic carbocycles. The highest BCUT2D eigenvalue weighted by Crippen LogP contribution is 2.08. The summed E-state index contributed by atoms with van der Waals surface area (Å²) in [6.45, 7) is 1.98. The van der Waals surface area contributed by atoms with Crippen LogP contribution in [0.25, 0.3) is 0 Å². The smallest absolute Gasteiger partial charge is 0.241 e. The van der Waals surface area contributed by atoms with E-state index in [0.717, 1.165) is 5.56 Å². The second-order valence-electron chi connectivity index (χ2n) is 5.18. The van der Waals surface area contributed by atoms with E-state index in [1.807, 2.05) is 30.3 Å². The highest BCUT2D eigenvalue weighted by Gasteiger charge is 2.21. The number of hydrogen-bond donors (Lipinski definition) is 2. The average Bonchev–Trinajstić information content (AvgIpc) is 2.56. The molecule has 0 aliphatic rings. The number of benzene rings is 2. The molecule has 0 spiro atoms. The van der Waals surface area contributed by atoms with Crippen LogP contribution < -0.4 is 10.0 Å². The van der Waals surface area contributed by atoms with Crippen LogP contribution in [-0.2, 0) is 21.2 Å². The van der Waals surface area contributed by atoms with Crippen LogP contribution in [0, 0.1) is 0 Å². The van der Waals surface area contributed by atoms with Gasteiger partial charge in [0.15, 0.2) is 0 Å². The molecular formula is C17H20N2O3S. The van der Waals surface area contributed by atoms with Gasteiger partial charge in [0.05, 0.1) is 10.9 Å². The quantitative estimate of drug-likeness (QED) is 0.810. The molecule has 0 radical (unpaired) electrons. The maximum atomic E-state index is 12.2. The van der Waals surface area contributed by atoms with Crippen LogP contribution in [0.4, 0.5) is 0 Å². The molecule has 2 N–H and O–H groups in total. The summed E-state index contributed by atoms with van der Waals surface area (Å²) in [5.74, 6) is -0.347. The van der Waals surface area contributed by atoms with Gasteiger partial charge in [0.25, 0.3) is 0 Å². The van der Waals surface area contributed by atoms with Crippen molar-refractivity contribution in [1.29, 1.82) is 0 Å². The lowest BCUT2D eigenvalue weighted by Gasteiger charge is -2.14. The molecule has 6 heteroatoms. The number of carbonyl (C=O) groups excluding carboxylic acids is 1. The molecule has 2 aromatic carbocycles. The maximum absolute atomic E-state index is 12.2. The first kappa shape index (κ1) is 17.2. The van der Waals surface area contributed by atoms with Gasteiger partial charge in [-0.15, -0.1) is 0 Å². The van der Waals surface area contributed by atoms with Gasteiger partial charge in [-0.2, -0.15) is 4.72 Å². The third-order valence-corrected chi connectivity index (χ3v) is 4.89. The summed E-state index contributed by atoms with van der Waals surface area (Å²) < 4.78 is 26.7. The van der Waals surface area contributed by atoms with Gasteiger partial charge >= 0.3 is 0 Å². The minimum absolute atomic E-state index is 0.143. The van der Waals surface area contributed by atoms with E-state index in [4.69, 9.17) is 0 Å². The summed E-state index contributed by atoms with van der Waals surface area (Å²) >= 11 is 0. The Morgan fingerprint density at radius 3 is 2.17 bits per heavy atom. The first-order valence-corrected chi connectivity index (χ1v) is 8.86. The largest absolute Gasteiger partial charge is 0.354 e. The Bertz CT molecular complexity index is 731. The Kier molecular flexibility index (Phi) is 5.90. The third kappa shape index (κ3) is 5.19. The van der Waals surface area contributed by atoms with Crippen molar-refractivity contribution in [2.75, 3.05) is 6.54 Å². The maximum Gasteiger partial charge on any atom is 0.241 e. The molecule has 5 nitrogen and oxygen atoms in total. The zero-order chi connectivity index (χ0) is 16.7. The molecule has 0 saturated carbocycles. The minimum Gasteiger partial charge on any atom is -0.354 e. The van der Waals surface area contributed by atoms with Gasteiger partial charge in [0, 0.05) is 6.54 Å². The lowest BCUT2D eigenvalue weighted by atomic mass is 10.1. The van der Waals surface area contributed by atoms with Gasteiger partial charge in [-0.25, -0.2) is 8.42 Å². The van der Waals surface area contributed by atoms with E-state index in [9.17, 15) is 13.2 Å². The standard InChI is InChI=1S/C17H20N2O3S/c1-14(19-23(21,22)16-10-6-3-7-11-16)17(20)18-13-12-15-8-4-2-5-9-15/h2-11,14,19H,12-13H2,1H3,(H,18,20)/t14-/m1/s1. The van der Waals surface area contributed by atoms with Gasteiger partial charge in [-0.1, -0.05) is 48.5 Å². The van der Waals surface area contributed by atoms with Crippen LogP contribution in [0.1, 0.15) is 12.5 Å². The molecule has 0 aromatic heterocycles. The van der Waals surface area contributed by atoms with Crippen molar-refractivity contribution in [3.05, 3.63) is 66.2 Å². The molecule has 2 rings (SSSR count). The summed E-state index contributed by atoms with van der Waals surface area (Å²) in [5, 5.41) is 2.74. The van der Waals surface area contributed by atoms with Crippen LogP contribution in [0.3, 0.4) is 0 Å². The van der Waals surface area contributed by atoms with E-state index >= 15 is 0 Å². The summed E-state index contributed by atoms with van der Waals surface area (Å²) in [6, 6.07) is 16.9. The van der Waals surface area contributed by atoms with Crippen LogP contribution in [0.15, 0.2) is 65.6 Å². The van der Waals surface area contributed by atoms with E-state index in [1.54, 1.807) is 18.2 Å². The summed E-state index contributed by atoms with van der Waals surface area (Å²) in [4.78, 5) is 12.1. The zero-order valence-electron chi connectivity index (χ0n) is 12.9. The molecule has 0 unspecified atom stereocenters. The predicted molar refractivity (Wildman–Crippen MR) is 89.4 cm³/mol. The van der Waals surface area contributed by atoms with Crippen LogP contribution in [0.5, 0.6) is 0 Å². The molecular weight excluding hydrogens is 312 g/mol. The Balaban J connectivity index is 1.85. The fourth-order valence-corrected chi connectivity index (χ4v) is 3.31. The van der Waals surface area contributed by atoms with Crippen molar-refractivity contribution in [1.82, 2.24) is 10.0 Å². The van der Waals surface area contributed by atoms with E-state index in [2.05, 4.69) is 10.0 Å². The predicted octanol–water partition coefficient (Wildman–Crippen LogP) is 1.71. The second-order valence-corrected chi connectivity index (χ2v) is 6.90. The topological polar surface area (TPSA) is 75.3 Å². The highest BCUT2D eigenvalue weighted by molar-refractivity contribution is 7.89. The van der Waals surface area contributed by atoms with Crippen molar-refractivity contribution in [3.8, 4) is 0 Å².